The van der Waals surface area contributed by atoms with Gasteiger partial charge in [-0.3, -0.25) is 10.1 Å². The van der Waals surface area contributed by atoms with Gasteiger partial charge in [-0.25, -0.2) is 4.68 Å². The lowest BCUT2D eigenvalue weighted by Crippen LogP contribution is -2.18. The molecule has 2 aromatic rings. The Morgan fingerprint density at radius 3 is 2.62 bits per heavy atom. The summed E-state index contributed by atoms with van der Waals surface area (Å²) in [6, 6.07) is 5.40. The molecule has 0 fully saturated rings. The number of nitro groups is 1. The van der Waals surface area contributed by atoms with Gasteiger partial charge < -0.3 is 10.5 Å². The number of ether oxygens (including phenoxy) is 1. The molecule has 0 radical (unpaired) electrons. The summed E-state index contributed by atoms with van der Waals surface area (Å²) in [6.07, 6.45) is -3.90. The van der Waals surface area contributed by atoms with Crippen LogP contribution in [0.2, 0.25) is 0 Å². The van der Waals surface area contributed by atoms with Gasteiger partial charge in [0.05, 0.1) is 11.5 Å². The van der Waals surface area contributed by atoms with Crippen LogP contribution in [0.5, 0.6) is 5.75 Å². The monoisotopic (exact) mass is 302 g/mol. The quantitative estimate of drug-likeness (QED) is 0.690. The van der Waals surface area contributed by atoms with Crippen molar-refractivity contribution in [1.82, 2.24) is 9.78 Å². The van der Waals surface area contributed by atoms with Crippen LogP contribution in [0.4, 0.5) is 24.7 Å². The van der Waals surface area contributed by atoms with Gasteiger partial charge >= 0.3 is 12.0 Å². The molecule has 10 heteroatoms. The normalized spacial score (nSPS) is 11.4. The average molecular weight is 302 g/mol. The van der Waals surface area contributed by atoms with E-state index < -0.39 is 22.7 Å². The lowest BCUT2D eigenvalue weighted by atomic mass is 10.2. The topological polar surface area (TPSA) is 96.2 Å². The van der Waals surface area contributed by atoms with Crippen LogP contribution < -0.4 is 10.5 Å². The highest BCUT2D eigenvalue weighted by atomic mass is 19.4. The highest BCUT2D eigenvalue weighted by Crippen LogP contribution is 2.28. The number of halogens is 3. The maximum atomic E-state index is 12.3. The molecule has 0 spiro atoms. The number of anilines is 1. The number of rotatable bonds is 4. The minimum atomic E-state index is -4.84. The molecule has 0 aliphatic carbocycles. The van der Waals surface area contributed by atoms with Crippen LogP contribution in [0.3, 0.4) is 0 Å². The number of nitrogens with two attached hydrogens (primary N) is 1. The molecule has 1 aromatic heterocycles. The molecule has 0 amide bonds. The van der Waals surface area contributed by atoms with Crippen LogP contribution in [0.15, 0.2) is 30.5 Å². The predicted octanol–water partition coefficient (Wildman–Crippen LogP) is 2.32. The van der Waals surface area contributed by atoms with Gasteiger partial charge in [-0.15, -0.1) is 13.2 Å². The number of aromatic nitrogens is 2. The summed E-state index contributed by atoms with van der Waals surface area (Å²) in [6.45, 7) is -0.189. The van der Waals surface area contributed by atoms with E-state index in [1.807, 2.05) is 0 Å². The third-order valence-electron chi connectivity index (χ3n) is 2.58. The van der Waals surface area contributed by atoms with E-state index in [0.29, 0.717) is 0 Å². The van der Waals surface area contributed by atoms with E-state index >= 15 is 0 Å². The zero-order valence-corrected chi connectivity index (χ0v) is 10.4. The van der Waals surface area contributed by atoms with Crippen molar-refractivity contribution in [3.8, 4) is 5.75 Å². The molecule has 0 atom stereocenters. The van der Waals surface area contributed by atoms with Crippen molar-refractivity contribution in [1.29, 1.82) is 0 Å². The number of benzene rings is 1. The van der Waals surface area contributed by atoms with Crippen LogP contribution in [-0.4, -0.2) is 21.1 Å². The second-order valence-electron chi connectivity index (χ2n) is 3.99. The second kappa shape index (κ2) is 5.31. The van der Waals surface area contributed by atoms with Crippen LogP contribution >= 0.6 is 0 Å². The summed E-state index contributed by atoms with van der Waals surface area (Å²) >= 11 is 0. The van der Waals surface area contributed by atoms with E-state index in [1.165, 1.54) is 18.2 Å². The lowest BCUT2D eigenvalue weighted by molar-refractivity contribution is -0.384. The fraction of sp³-hybridized carbons (Fsp3) is 0.182. The third kappa shape index (κ3) is 3.41. The minimum Gasteiger partial charge on any atom is -0.405 e. The first-order valence-electron chi connectivity index (χ1n) is 5.57. The van der Waals surface area contributed by atoms with Gasteiger partial charge in [-0.05, 0) is 6.07 Å². The first-order chi connectivity index (χ1) is 9.78. The predicted molar refractivity (Wildman–Crippen MR) is 65.5 cm³/mol. The summed E-state index contributed by atoms with van der Waals surface area (Å²) in [5.74, 6) is -0.663. The van der Waals surface area contributed by atoms with Crippen molar-refractivity contribution in [2.24, 2.45) is 0 Å². The van der Waals surface area contributed by atoms with Gasteiger partial charge in [0.25, 0.3) is 0 Å². The first-order valence-corrected chi connectivity index (χ1v) is 5.57. The Morgan fingerprint density at radius 2 is 2.05 bits per heavy atom. The molecule has 0 aliphatic heterocycles. The molecule has 0 saturated carbocycles. The Balaban J connectivity index is 2.30. The van der Waals surface area contributed by atoms with Crippen molar-refractivity contribution >= 4 is 11.5 Å². The first kappa shape index (κ1) is 14.6. The summed E-state index contributed by atoms with van der Waals surface area (Å²) in [4.78, 5) is 9.92. The van der Waals surface area contributed by atoms with Crippen molar-refractivity contribution in [2.75, 3.05) is 5.73 Å². The fourth-order valence-corrected chi connectivity index (χ4v) is 1.67. The lowest BCUT2D eigenvalue weighted by Gasteiger charge is -2.13. The summed E-state index contributed by atoms with van der Waals surface area (Å²) < 4.78 is 41.8. The maximum absolute atomic E-state index is 12.3. The van der Waals surface area contributed by atoms with E-state index in [0.717, 1.165) is 16.9 Å². The number of nitrogen functional groups attached to an aromatic ring is 1. The van der Waals surface area contributed by atoms with Gasteiger partial charge in [0.2, 0.25) is 5.82 Å². The van der Waals surface area contributed by atoms with E-state index in [-0.39, 0.29) is 17.9 Å². The van der Waals surface area contributed by atoms with Gasteiger partial charge in [-0.2, -0.15) is 5.10 Å². The minimum absolute atomic E-state index is 0.138. The van der Waals surface area contributed by atoms with Crippen LogP contribution in [0.1, 0.15) is 5.56 Å². The Bertz CT molecular complexity index is 669. The van der Waals surface area contributed by atoms with E-state index in [9.17, 15) is 23.3 Å². The number of alkyl halides is 3. The van der Waals surface area contributed by atoms with Crippen molar-refractivity contribution in [3.63, 3.8) is 0 Å². The van der Waals surface area contributed by atoms with Crippen molar-refractivity contribution < 1.29 is 22.8 Å². The summed E-state index contributed by atoms with van der Waals surface area (Å²) in [5.41, 5.74) is 5.25. The molecule has 0 unspecified atom stereocenters. The van der Waals surface area contributed by atoms with E-state index in [4.69, 9.17) is 5.73 Å². The van der Waals surface area contributed by atoms with Crippen LogP contribution in [0, 0.1) is 10.1 Å². The smallest absolute Gasteiger partial charge is 0.405 e. The van der Waals surface area contributed by atoms with Gasteiger partial charge in [0.15, 0.2) is 0 Å². The SMILES string of the molecule is Nc1c([N+](=O)[O-])cnn1Cc1ccccc1OC(F)(F)F. The van der Waals surface area contributed by atoms with Crippen molar-refractivity contribution in [2.45, 2.75) is 12.9 Å². The highest BCUT2D eigenvalue weighted by Gasteiger charge is 2.32. The molecular formula is C11H9F3N4O3. The van der Waals surface area contributed by atoms with Crippen LogP contribution in [0.25, 0.3) is 0 Å². The molecule has 2 N–H and O–H groups in total. The molecule has 0 bridgehead atoms. The standard InChI is InChI=1S/C11H9F3N4O3/c12-11(13,14)21-9-4-2-1-3-7(9)6-17-10(15)8(5-16-17)18(19)20/h1-5H,6,15H2. The Kier molecular flexibility index (Phi) is 3.70. The molecule has 21 heavy (non-hydrogen) atoms. The largest absolute Gasteiger partial charge is 0.573 e. The highest BCUT2D eigenvalue weighted by molar-refractivity contribution is 5.51. The molecule has 1 heterocycles. The summed E-state index contributed by atoms with van der Waals surface area (Å²) in [5, 5.41) is 14.3. The van der Waals surface area contributed by atoms with Gasteiger partial charge in [0, 0.05) is 5.56 Å². The number of para-hydroxylation sites is 1. The van der Waals surface area contributed by atoms with Crippen molar-refractivity contribution in [3.05, 3.63) is 46.1 Å². The third-order valence-corrected chi connectivity index (χ3v) is 2.58. The molecule has 0 aliphatic rings. The van der Waals surface area contributed by atoms with E-state index in [2.05, 4.69) is 9.84 Å². The molecule has 0 saturated heterocycles. The number of hydrogen-bond donors (Lipinski definition) is 1. The van der Waals surface area contributed by atoms with Gasteiger partial charge in [0.1, 0.15) is 11.9 Å². The zero-order valence-electron chi connectivity index (χ0n) is 10.4. The maximum Gasteiger partial charge on any atom is 0.573 e. The Labute approximate surface area is 115 Å². The summed E-state index contributed by atoms with van der Waals surface area (Å²) in [7, 11) is 0. The Morgan fingerprint density at radius 1 is 1.38 bits per heavy atom. The molecule has 7 nitrogen and oxygen atoms in total. The molecule has 1 aromatic carbocycles. The fourth-order valence-electron chi connectivity index (χ4n) is 1.67. The molecule has 2 rings (SSSR count). The second-order valence-corrected chi connectivity index (χ2v) is 3.99. The number of nitrogens with zero attached hydrogens (tertiary/aromatic N) is 3. The molecule has 112 valence electrons. The van der Waals surface area contributed by atoms with E-state index in [1.54, 1.807) is 0 Å². The molecular weight excluding hydrogens is 293 g/mol. The number of hydrogen-bond acceptors (Lipinski definition) is 5. The zero-order chi connectivity index (χ0) is 15.6. The van der Waals surface area contributed by atoms with Gasteiger partial charge in [-0.1, -0.05) is 18.2 Å². The Hall–Kier alpha value is -2.78. The van der Waals surface area contributed by atoms with Crippen LogP contribution in [-0.2, 0) is 6.54 Å². The average Bonchev–Trinajstić information content (AvgIpc) is 2.72.